The van der Waals surface area contributed by atoms with Crippen LogP contribution in [-0.2, 0) is 9.31 Å². The highest BCUT2D eigenvalue weighted by molar-refractivity contribution is 6.63. The van der Waals surface area contributed by atoms with Gasteiger partial charge in [-0.2, -0.15) is 15.3 Å². The van der Waals surface area contributed by atoms with E-state index in [-0.39, 0.29) is 11.7 Å². The number of nitrogens with zero attached hydrogens (tertiary/aromatic N) is 4. The molecule has 3 heterocycles. The van der Waals surface area contributed by atoms with Crippen molar-refractivity contribution < 1.29 is 14.0 Å². The van der Waals surface area contributed by atoms with Crippen molar-refractivity contribution in [2.24, 2.45) is 5.92 Å². The van der Waals surface area contributed by atoms with Gasteiger partial charge in [0.15, 0.2) is 0 Å². The maximum absolute atomic E-state index is 6.71. The number of aromatic nitrogens is 4. The molecule has 0 spiro atoms. The predicted octanol–water partition coefficient (Wildman–Crippen LogP) is 3.76. The van der Waals surface area contributed by atoms with Crippen molar-refractivity contribution in [3.63, 3.8) is 0 Å². The molecule has 9 heteroatoms. The van der Waals surface area contributed by atoms with Gasteiger partial charge in [0.25, 0.3) is 0 Å². The molecule has 35 heavy (non-hydrogen) atoms. The Morgan fingerprint density at radius 3 is 2.89 bits per heavy atom. The van der Waals surface area contributed by atoms with Gasteiger partial charge in [0.05, 0.1) is 41.9 Å². The number of ether oxygens (including phenoxy) is 1. The lowest BCUT2D eigenvalue weighted by Gasteiger charge is -2.32. The molecule has 2 aromatic heterocycles. The molecular formula is C26H28BN5O3. The maximum atomic E-state index is 6.71. The van der Waals surface area contributed by atoms with Crippen LogP contribution < -0.4 is 15.9 Å². The minimum Gasteiger partial charge on any atom is -0.497 e. The van der Waals surface area contributed by atoms with Crippen molar-refractivity contribution >= 4 is 29.2 Å². The van der Waals surface area contributed by atoms with Gasteiger partial charge < -0.3 is 19.8 Å². The van der Waals surface area contributed by atoms with Gasteiger partial charge in [0, 0.05) is 34.9 Å². The lowest BCUT2D eigenvalue weighted by Crippen LogP contribution is -2.42. The fourth-order valence-electron chi connectivity index (χ4n) is 5.62. The molecule has 2 aromatic carbocycles. The summed E-state index contributed by atoms with van der Waals surface area (Å²) in [5.74, 6) is 1.06. The van der Waals surface area contributed by atoms with E-state index in [0.717, 1.165) is 52.4 Å². The van der Waals surface area contributed by atoms with E-state index in [1.165, 1.54) is 0 Å². The standard InChI is InChI=1S/C26H28BN5O3/c1-16(2)26-9-4-6-25(26)34-27(35-26)20-13-19(23(14-24(20)33-3)32-11-5-10-30-32)17-7-8-18-21(28)15-29-31-22(18)12-17/h5,7-8,10-16,25H,4,6,9H2,1-3H3,(H2,28,31)/t25-,26?/m0/s1. The van der Waals surface area contributed by atoms with Gasteiger partial charge in [-0.1, -0.05) is 19.9 Å². The van der Waals surface area contributed by atoms with Crippen LogP contribution in [0.4, 0.5) is 5.69 Å². The first-order valence-electron chi connectivity index (χ1n) is 12.1. The van der Waals surface area contributed by atoms with Crippen molar-refractivity contribution in [1.29, 1.82) is 0 Å². The van der Waals surface area contributed by atoms with Crippen molar-refractivity contribution in [3.8, 4) is 22.6 Å². The number of rotatable bonds is 5. The van der Waals surface area contributed by atoms with E-state index in [1.807, 2.05) is 41.2 Å². The molecular weight excluding hydrogens is 441 g/mol. The maximum Gasteiger partial charge on any atom is 0.498 e. The van der Waals surface area contributed by atoms with Crippen LogP contribution in [0.25, 0.3) is 27.7 Å². The largest absolute Gasteiger partial charge is 0.498 e. The van der Waals surface area contributed by atoms with Crippen LogP contribution in [0.3, 0.4) is 0 Å². The van der Waals surface area contributed by atoms with Crippen molar-refractivity contribution in [1.82, 2.24) is 20.0 Å². The molecule has 1 unspecified atom stereocenters. The first kappa shape index (κ1) is 22.1. The number of anilines is 1. The van der Waals surface area contributed by atoms with E-state index in [1.54, 1.807) is 19.5 Å². The molecule has 2 fully saturated rings. The Kier molecular flexibility index (Phi) is 5.27. The Morgan fingerprint density at radius 2 is 2.14 bits per heavy atom. The molecule has 2 N–H and O–H groups in total. The smallest absolute Gasteiger partial charge is 0.497 e. The lowest BCUT2D eigenvalue weighted by atomic mass is 9.76. The first-order valence-corrected chi connectivity index (χ1v) is 12.1. The van der Waals surface area contributed by atoms with Gasteiger partial charge in [-0.25, -0.2) is 4.68 Å². The molecule has 0 bridgehead atoms. The van der Waals surface area contributed by atoms with Gasteiger partial charge in [-0.05, 0) is 55.0 Å². The Morgan fingerprint density at radius 1 is 1.26 bits per heavy atom. The molecule has 0 radical (unpaired) electrons. The molecule has 2 aliphatic rings. The van der Waals surface area contributed by atoms with E-state index in [2.05, 4.69) is 35.2 Å². The molecule has 1 saturated heterocycles. The SMILES string of the molecule is COc1cc(-n2cccn2)c(-c2ccc3c(N)cnnc3c2)cc1B1O[C@H]2CCCC2(C(C)C)O1. The molecule has 1 aliphatic heterocycles. The minimum atomic E-state index is -0.501. The Labute approximate surface area is 204 Å². The second-order valence-electron chi connectivity index (χ2n) is 9.67. The zero-order valence-corrected chi connectivity index (χ0v) is 20.1. The van der Waals surface area contributed by atoms with Gasteiger partial charge in [0.1, 0.15) is 5.75 Å². The average molecular weight is 469 g/mol. The fourth-order valence-corrected chi connectivity index (χ4v) is 5.62. The van der Waals surface area contributed by atoms with E-state index in [0.29, 0.717) is 17.4 Å². The van der Waals surface area contributed by atoms with E-state index < -0.39 is 7.12 Å². The summed E-state index contributed by atoms with van der Waals surface area (Å²) in [6.07, 6.45) is 8.48. The number of methoxy groups -OCH3 is 1. The molecule has 6 rings (SSSR count). The summed E-state index contributed by atoms with van der Waals surface area (Å²) in [6.45, 7) is 4.44. The normalized spacial score (nSPS) is 21.7. The summed E-state index contributed by atoms with van der Waals surface area (Å²) in [5, 5.41) is 13.7. The van der Waals surface area contributed by atoms with Crippen LogP contribution in [-0.4, -0.2) is 45.9 Å². The summed E-state index contributed by atoms with van der Waals surface area (Å²) in [4.78, 5) is 0. The zero-order valence-electron chi connectivity index (χ0n) is 20.1. The van der Waals surface area contributed by atoms with Crippen LogP contribution in [0.2, 0.25) is 0 Å². The quantitative estimate of drug-likeness (QED) is 0.445. The third kappa shape index (κ3) is 3.49. The van der Waals surface area contributed by atoms with Gasteiger partial charge in [-0.3, -0.25) is 0 Å². The average Bonchev–Trinajstić information content (AvgIpc) is 3.60. The van der Waals surface area contributed by atoms with Gasteiger partial charge in [-0.15, -0.1) is 0 Å². The molecule has 2 atom stereocenters. The van der Waals surface area contributed by atoms with Crippen LogP contribution in [0.1, 0.15) is 33.1 Å². The third-order valence-corrected chi connectivity index (χ3v) is 7.51. The lowest BCUT2D eigenvalue weighted by molar-refractivity contribution is 0.0164. The second kappa shape index (κ2) is 8.36. The van der Waals surface area contributed by atoms with Crippen LogP contribution in [0.15, 0.2) is 55.0 Å². The summed E-state index contributed by atoms with van der Waals surface area (Å²) in [5.41, 5.74) is 10.8. The van der Waals surface area contributed by atoms with E-state index >= 15 is 0 Å². The van der Waals surface area contributed by atoms with E-state index in [4.69, 9.17) is 19.8 Å². The number of fused-ring (bicyclic) bond motifs is 2. The number of nitrogens with two attached hydrogens (primary N) is 1. The van der Waals surface area contributed by atoms with Crippen molar-refractivity contribution in [2.75, 3.05) is 12.8 Å². The highest BCUT2D eigenvalue weighted by Gasteiger charge is 2.56. The molecule has 4 aromatic rings. The fraction of sp³-hybridized carbons (Fsp3) is 0.346. The first-order chi connectivity index (χ1) is 17.0. The molecule has 178 valence electrons. The second-order valence-corrected chi connectivity index (χ2v) is 9.67. The minimum absolute atomic E-state index is 0.0883. The predicted molar refractivity (Wildman–Crippen MR) is 136 cm³/mol. The molecule has 0 amide bonds. The highest BCUT2D eigenvalue weighted by Crippen LogP contribution is 2.46. The van der Waals surface area contributed by atoms with Gasteiger partial charge in [0.2, 0.25) is 0 Å². The highest BCUT2D eigenvalue weighted by atomic mass is 16.7. The monoisotopic (exact) mass is 469 g/mol. The van der Waals surface area contributed by atoms with Gasteiger partial charge >= 0.3 is 7.12 Å². The summed E-state index contributed by atoms with van der Waals surface area (Å²) >= 11 is 0. The summed E-state index contributed by atoms with van der Waals surface area (Å²) in [7, 11) is 1.17. The topological polar surface area (TPSA) is 97.3 Å². The molecule has 1 saturated carbocycles. The van der Waals surface area contributed by atoms with Crippen LogP contribution in [0.5, 0.6) is 5.75 Å². The van der Waals surface area contributed by atoms with Crippen molar-refractivity contribution in [2.45, 2.75) is 44.8 Å². The number of nitrogen functional groups attached to an aromatic ring is 1. The van der Waals surface area contributed by atoms with Crippen LogP contribution in [0, 0.1) is 5.92 Å². The summed E-state index contributed by atoms with van der Waals surface area (Å²) < 4.78 is 20.9. The van der Waals surface area contributed by atoms with Crippen LogP contribution >= 0.6 is 0 Å². The third-order valence-electron chi connectivity index (χ3n) is 7.51. The van der Waals surface area contributed by atoms with Crippen molar-refractivity contribution in [3.05, 3.63) is 55.0 Å². The number of benzene rings is 2. The Bertz CT molecular complexity index is 1390. The number of hydrogen-bond donors (Lipinski definition) is 1. The Hall–Kier alpha value is -3.43. The zero-order chi connectivity index (χ0) is 24.2. The Balaban J connectivity index is 1.51. The molecule has 1 aliphatic carbocycles. The van der Waals surface area contributed by atoms with E-state index in [9.17, 15) is 0 Å². The molecule has 8 nitrogen and oxygen atoms in total. The number of hydrogen-bond acceptors (Lipinski definition) is 7. The summed E-state index contributed by atoms with van der Waals surface area (Å²) in [6, 6.07) is 12.0.